The van der Waals surface area contributed by atoms with Crippen molar-refractivity contribution >= 4 is 29.1 Å². The lowest BCUT2D eigenvalue weighted by molar-refractivity contribution is -0.141. The van der Waals surface area contributed by atoms with Crippen molar-refractivity contribution in [3.8, 4) is 5.75 Å². The maximum absolute atomic E-state index is 13.3. The smallest absolute Gasteiger partial charge is 0.295 e. The van der Waals surface area contributed by atoms with Crippen molar-refractivity contribution in [1.82, 2.24) is 4.90 Å². The first-order valence-electron chi connectivity index (χ1n) is 11.2. The topological polar surface area (TPSA) is 66.8 Å². The van der Waals surface area contributed by atoms with Crippen LogP contribution in [0.5, 0.6) is 5.75 Å². The van der Waals surface area contributed by atoms with Crippen LogP contribution in [0.4, 0.5) is 0 Å². The quantitative estimate of drug-likeness (QED) is 0.353. The molecular weight excluding hydrogens is 426 g/mol. The number of amides is 1. The number of ketones is 1. The van der Waals surface area contributed by atoms with Crippen LogP contribution < -0.4 is 4.74 Å². The average Bonchev–Trinajstić information content (AvgIpc) is 3.06. The molecule has 2 aliphatic rings. The minimum atomic E-state index is -0.667. The molecule has 1 unspecified atom stereocenters. The third-order valence-corrected chi connectivity index (χ3v) is 6.76. The van der Waals surface area contributed by atoms with Crippen LogP contribution in [0.1, 0.15) is 61.8 Å². The molecule has 1 atom stereocenters. The van der Waals surface area contributed by atoms with E-state index in [1.165, 1.54) is 0 Å². The molecule has 32 heavy (non-hydrogen) atoms. The first-order valence-corrected chi connectivity index (χ1v) is 11.6. The average molecular weight is 454 g/mol. The van der Waals surface area contributed by atoms with Gasteiger partial charge in [-0.3, -0.25) is 9.59 Å². The molecule has 0 aromatic heterocycles. The molecular formula is C26H28ClNO4. The van der Waals surface area contributed by atoms with Crippen molar-refractivity contribution in [3.05, 3.63) is 69.8 Å². The van der Waals surface area contributed by atoms with Gasteiger partial charge in [0.2, 0.25) is 0 Å². The van der Waals surface area contributed by atoms with Crippen molar-refractivity contribution in [2.45, 2.75) is 58.0 Å². The Morgan fingerprint density at radius 1 is 1.12 bits per heavy atom. The van der Waals surface area contributed by atoms with E-state index in [0.717, 1.165) is 43.2 Å². The monoisotopic (exact) mass is 453 g/mol. The van der Waals surface area contributed by atoms with Crippen LogP contribution in [-0.4, -0.2) is 34.3 Å². The molecule has 1 saturated carbocycles. The number of aliphatic hydroxyl groups is 1. The summed E-state index contributed by atoms with van der Waals surface area (Å²) < 4.78 is 5.55. The molecule has 2 aromatic carbocycles. The van der Waals surface area contributed by atoms with E-state index in [1.807, 2.05) is 38.1 Å². The second kappa shape index (κ2) is 9.37. The van der Waals surface area contributed by atoms with E-state index in [4.69, 9.17) is 16.3 Å². The van der Waals surface area contributed by atoms with E-state index in [0.29, 0.717) is 17.4 Å². The summed E-state index contributed by atoms with van der Waals surface area (Å²) in [7, 11) is 0. The highest BCUT2D eigenvalue weighted by atomic mass is 35.5. The van der Waals surface area contributed by atoms with Crippen molar-refractivity contribution < 1.29 is 19.4 Å². The number of carbonyl (C=O) groups is 2. The number of nitrogens with zero attached hydrogens (tertiary/aromatic N) is 1. The minimum Gasteiger partial charge on any atom is -0.507 e. The van der Waals surface area contributed by atoms with Gasteiger partial charge in [-0.15, -0.1) is 0 Å². The minimum absolute atomic E-state index is 0.0275. The van der Waals surface area contributed by atoms with E-state index in [-0.39, 0.29) is 22.9 Å². The SMILES string of the molecule is CCOc1ccc(Cl)c(/C(O)=C2\C(=O)C(=O)N(C3CCCCC3)C2c2ccccc2C)c1. The number of Topliss-reactive ketones (excluding diaryl/α,β-unsaturated/α-hetero) is 1. The molecule has 5 nitrogen and oxygen atoms in total. The van der Waals surface area contributed by atoms with Gasteiger partial charge in [0.25, 0.3) is 11.7 Å². The predicted molar refractivity (Wildman–Crippen MR) is 125 cm³/mol. The number of hydrogen-bond donors (Lipinski definition) is 1. The lowest BCUT2D eigenvalue weighted by Crippen LogP contribution is -2.40. The van der Waals surface area contributed by atoms with Gasteiger partial charge in [-0.25, -0.2) is 0 Å². The molecule has 0 bridgehead atoms. The highest BCUT2D eigenvalue weighted by molar-refractivity contribution is 6.47. The fourth-order valence-electron chi connectivity index (χ4n) is 4.87. The van der Waals surface area contributed by atoms with E-state index in [9.17, 15) is 14.7 Å². The number of aryl methyl sites for hydroxylation is 1. The number of rotatable bonds is 5. The van der Waals surface area contributed by atoms with Crippen LogP contribution in [0.3, 0.4) is 0 Å². The number of aliphatic hydroxyl groups excluding tert-OH is 1. The van der Waals surface area contributed by atoms with Gasteiger partial charge >= 0.3 is 0 Å². The number of hydrogen-bond acceptors (Lipinski definition) is 4. The van der Waals surface area contributed by atoms with Crippen molar-refractivity contribution in [3.63, 3.8) is 0 Å². The summed E-state index contributed by atoms with van der Waals surface area (Å²) in [5, 5.41) is 11.7. The summed E-state index contributed by atoms with van der Waals surface area (Å²) in [5.41, 5.74) is 2.18. The summed E-state index contributed by atoms with van der Waals surface area (Å²) in [4.78, 5) is 28.3. The van der Waals surface area contributed by atoms with Gasteiger partial charge in [0.05, 0.1) is 23.2 Å². The van der Waals surface area contributed by atoms with E-state index in [2.05, 4.69) is 0 Å². The molecule has 0 spiro atoms. The maximum Gasteiger partial charge on any atom is 0.295 e. The van der Waals surface area contributed by atoms with Gasteiger partial charge in [-0.2, -0.15) is 0 Å². The molecule has 2 aromatic rings. The van der Waals surface area contributed by atoms with Crippen molar-refractivity contribution in [1.29, 1.82) is 0 Å². The predicted octanol–water partition coefficient (Wildman–Crippen LogP) is 5.80. The van der Waals surface area contributed by atoms with Crippen LogP contribution in [0.25, 0.3) is 5.76 Å². The Bertz CT molecular complexity index is 1070. The Morgan fingerprint density at radius 2 is 1.84 bits per heavy atom. The van der Waals surface area contributed by atoms with Crippen LogP contribution in [0.15, 0.2) is 48.0 Å². The molecule has 1 saturated heterocycles. The molecule has 1 aliphatic carbocycles. The Morgan fingerprint density at radius 3 is 2.53 bits per heavy atom. The Kier molecular flexibility index (Phi) is 6.56. The second-order valence-corrected chi connectivity index (χ2v) is 8.84. The maximum atomic E-state index is 13.3. The zero-order valence-electron chi connectivity index (χ0n) is 18.4. The molecule has 1 N–H and O–H groups in total. The van der Waals surface area contributed by atoms with Gasteiger partial charge < -0.3 is 14.7 Å². The van der Waals surface area contributed by atoms with Crippen molar-refractivity contribution in [2.24, 2.45) is 0 Å². The van der Waals surface area contributed by atoms with E-state index >= 15 is 0 Å². The fraction of sp³-hybridized carbons (Fsp3) is 0.385. The third kappa shape index (κ3) is 4.02. The third-order valence-electron chi connectivity index (χ3n) is 6.44. The number of benzene rings is 2. The number of carbonyl (C=O) groups excluding carboxylic acids is 2. The van der Waals surface area contributed by atoms with Gasteiger partial charge in [0.15, 0.2) is 0 Å². The Hall–Kier alpha value is -2.79. The summed E-state index contributed by atoms with van der Waals surface area (Å²) in [6, 6.07) is 12.0. The lowest BCUT2D eigenvalue weighted by Gasteiger charge is -2.36. The molecule has 6 heteroatoms. The molecule has 2 fully saturated rings. The van der Waals surface area contributed by atoms with Crippen LogP contribution >= 0.6 is 11.6 Å². The highest BCUT2D eigenvalue weighted by Gasteiger charge is 2.49. The summed E-state index contributed by atoms with van der Waals surface area (Å²) in [5.74, 6) is -0.947. The fourth-order valence-corrected chi connectivity index (χ4v) is 5.08. The lowest BCUT2D eigenvalue weighted by atomic mass is 9.89. The van der Waals surface area contributed by atoms with Gasteiger partial charge in [0.1, 0.15) is 11.5 Å². The summed E-state index contributed by atoms with van der Waals surface area (Å²) in [6.45, 7) is 4.28. The van der Waals surface area contributed by atoms with Gasteiger partial charge in [-0.1, -0.05) is 55.1 Å². The van der Waals surface area contributed by atoms with Gasteiger partial charge in [0, 0.05) is 11.6 Å². The first-order chi connectivity index (χ1) is 15.4. The van der Waals surface area contributed by atoms with E-state index < -0.39 is 17.7 Å². The molecule has 1 aliphatic heterocycles. The normalized spacial score (nSPS) is 21.2. The first kappa shape index (κ1) is 22.4. The number of ether oxygens (including phenoxy) is 1. The van der Waals surface area contributed by atoms with Crippen LogP contribution in [-0.2, 0) is 9.59 Å². The zero-order chi connectivity index (χ0) is 22.8. The van der Waals surface area contributed by atoms with Crippen LogP contribution in [0.2, 0.25) is 5.02 Å². The largest absolute Gasteiger partial charge is 0.507 e. The molecule has 1 heterocycles. The molecule has 1 amide bonds. The molecule has 4 rings (SSSR count). The zero-order valence-corrected chi connectivity index (χ0v) is 19.2. The molecule has 0 radical (unpaired) electrons. The van der Waals surface area contributed by atoms with Crippen LogP contribution in [0, 0.1) is 6.92 Å². The van der Waals surface area contributed by atoms with Gasteiger partial charge in [-0.05, 0) is 56.0 Å². The standard InChI is InChI=1S/C26H28ClNO4/c1-3-32-18-13-14-21(27)20(15-18)24(29)22-23(19-12-8-7-9-16(19)2)28(26(31)25(22)30)17-10-5-4-6-11-17/h7-9,12-15,17,23,29H,3-6,10-11H2,1-2H3/b24-22+. The summed E-state index contributed by atoms with van der Waals surface area (Å²) in [6.07, 6.45) is 4.90. The highest BCUT2D eigenvalue weighted by Crippen LogP contribution is 2.44. The Balaban J connectivity index is 1.91. The number of halogens is 1. The van der Waals surface area contributed by atoms with E-state index in [1.54, 1.807) is 23.1 Å². The van der Waals surface area contributed by atoms with Crippen molar-refractivity contribution in [2.75, 3.05) is 6.61 Å². The Labute approximate surface area is 193 Å². The number of likely N-dealkylation sites (tertiary alicyclic amines) is 1. The molecule has 168 valence electrons. The summed E-state index contributed by atoms with van der Waals surface area (Å²) >= 11 is 6.40. The second-order valence-electron chi connectivity index (χ2n) is 8.43.